The fourth-order valence-corrected chi connectivity index (χ4v) is 4.03. The maximum Gasteiger partial charge on any atom is 0.305 e. The Morgan fingerprint density at radius 3 is 2.55 bits per heavy atom. The molecule has 0 saturated carbocycles. The van der Waals surface area contributed by atoms with Gasteiger partial charge < -0.3 is 15.5 Å². The molecule has 2 aromatic carbocycles. The fraction of sp³-hybridized carbons (Fsp3) is 0.105. The van der Waals surface area contributed by atoms with Crippen LogP contribution in [-0.4, -0.2) is 44.1 Å². The molecule has 1 fully saturated rings. The number of para-hydroxylation sites is 1. The molecule has 0 bridgehead atoms. The summed E-state index contributed by atoms with van der Waals surface area (Å²) >= 11 is 0.964. The molecular formula is C19H14N4O5S. The Hall–Kier alpha value is -3.66. The summed E-state index contributed by atoms with van der Waals surface area (Å²) in [6, 6.07) is 12.8. The lowest BCUT2D eigenvalue weighted by Crippen LogP contribution is -2.32. The summed E-state index contributed by atoms with van der Waals surface area (Å²) in [6.07, 6.45) is -0.378. The first-order valence-corrected chi connectivity index (χ1v) is 9.40. The van der Waals surface area contributed by atoms with Crippen molar-refractivity contribution in [2.75, 3.05) is 10.2 Å². The SMILES string of the molecule is O=C(O)C[C@H]1S/C(=N\N=C2/C(=O)Nc3ccccc32)N(c2ccc(O)cc2)C1=O. The van der Waals surface area contributed by atoms with Crippen LogP contribution in [0.15, 0.2) is 58.7 Å². The number of amides is 2. The van der Waals surface area contributed by atoms with Crippen LogP contribution >= 0.6 is 11.8 Å². The van der Waals surface area contributed by atoms with Gasteiger partial charge in [0.1, 0.15) is 11.0 Å². The zero-order chi connectivity index (χ0) is 20.5. The molecular weight excluding hydrogens is 396 g/mol. The second-order valence-electron chi connectivity index (χ2n) is 6.23. The molecule has 1 atom stereocenters. The van der Waals surface area contributed by atoms with Gasteiger partial charge in [0.2, 0.25) is 5.91 Å². The van der Waals surface area contributed by atoms with E-state index in [9.17, 15) is 19.5 Å². The number of nitrogens with one attached hydrogen (secondary N) is 1. The lowest BCUT2D eigenvalue weighted by atomic mass is 10.1. The Morgan fingerprint density at radius 1 is 1.10 bits per heavy atom. The zero-order valence-corrected chi connectivity index (χ0v) is 15.6. The first kappa shape index (κ1) is 18.7. The second kappa shape index (κ2) is 7.40. The van der Waals surface area contributed by atoms with Crippen molar-refractivity contribution in [2.45, 2.75) is 11.7 Å². The smallest absolute Gasteiger partial charge is 0.305 e. The summed E-state index contributed by atoms with van der Waals surface area (Å²) in [5, 5.41) is 28.7. The number of hydrogen-bond acceptors (Lipinski definition) is 7. The van der Waals surface area contributed by atoms with Crippen molar-refractivity contribution in [2.24, 2.45) is 10.2 Å². The van der Waals surface area contributed by atoms with Crippen LogP contribution in [0.25, 0.3) is 0 Å². The number of phenols is 1. The topological polar surface area (TPSA) is 132 Å². The van der Waals surface area contributed by atoms with Crippen LogP contribution in [0.4, 0.5) is 11.4 Å². The molecule has 4 rings (SSSR count). The van der Waals surface area contributed by atoms with Crippen molar-refractivity contribution >= 4 is 51.8 Å². The number of nitrogens with zero attached hydrogens (tertiary/aromatic N) is 3. The largest absolute Gasteiger partial charge is 0.508 e. The van der Waals surface area contributed by atoms with E-state index >= 15 is 0 Å². The molecule has 0 unspecified atom stereocenters. The van der Waals surface area contributed by atoms with Crippen LogP contribution in [0.2, 0.25) is 0 Å². The molecule has 10 heteroatoms. The number of benzene rings is 2. The Labute approximate surface area is 168 Å². The quantitative estimate of drug-likeness (QED) is 0.661. The fourth-order valence-electron chi connectivity index (χ4n) is 2.96. The summed E-state index contributed by atoms with van der Waals surface area (Å²) in [6.45, 7) is 0. The number of hydrogen-bond donors (Lipinski definition) is 3. The number of phenolic OH excluding ortho intramolecular Hbond substituents is 1. The number of carbonyl (C=O) groups is 3. The van der Waals surface area contributed by atoms with Gasteiger partial charge in [-0.2, -0.15) is 0 Å². The van der Waals surface area contributed by atoms with Crippen LogP contribution < -0.4 is 10.2 Å². The molecule has 29 heavy (non-hydrogen) atoms. The predicted molar refractivity (Wildman–Crippen MR) is 108 cm³/mol. The number of fused-ring (bicyclic) bond motifs is 1. The van der Waals surface area contributed by atoms with E-state index in [1.54, 1.807) is 24.3 Å². The minimum absolute atomic E-state index is 0.0214. The molecule has 0 radical (unpaired) electrons. The minimum atomic E-state index is -1.11. The maximum atomic E-state index is 12.8. The molecule has 0 aromatic heterocycles. The average molecular weight is 410 g/mol. The Bertz CT molecular complexity index is 1080. The van der Waals surface area contributed by atoms with Gasteiger partial charge in [0.05, 0.1) is 17.8 Å². The van der Waals surface area contributed by atoms with Crippen molar-refractivity contribution < 1.29 is 24.6 Å². The van der Waals surface area contributed by atoms with Gasteiger partial charge in [-0.3, -0.25) is 19.3 Å². The number of amidine groups is 1. The number of carbonyl (C=O) groups excluding carboxylic acids is 2. The summed E-state index contributed by atoms with van der Waals surface area (Å²) < 4.78 is 0. The van der Waals surface area contributed by atoms with E-state index in [1.165, 1.54) is 29.2 Å². The van der Waals surface area contributed by atoms with E-state index in [0.29, 0.717) is 16.9 Å². The van der Waals surface area contributed by atoms with E-state index < -0.39 is 23.0 Å². The monoisotopic (exact) mass is 410 g/mol. The molecule has 146 valence electrons. The third kappa shape index (κ3) is 3.57. The summed E-state index contributed by atoms with van der Waals surface area (Å²) in [5.41, 5.74) is 1.72. The van der Waals surface area contributed by atoms with Gasteiger partial charge in [0.15, 0.2) is 10.9 Å². The highest BCUT2D eigenvalue weighted by atomic mass is 32.2. The molecule has 1 saturated heterocycles. The molecule has 2 aliphatic rings. The maximum absolute atomic E-state index is 12.8. The second-order valence-corrected chi connectivity index (χ2v) is 7.40. The van der Waals surface area contributed by atoms with Gasteiger partial charge in [-0.05, 0) is 30.3 Å². The van der Waals surface area contributed by atoms with Gasteiger partial charge in [0, 0.05) is 5.56 Å². The first-order chi connectivity index (χ1) is 13.9. The van der Waals surface area contributed by atoms with E-state index in [2.05, 4.69) is 15.5 Å². The van der Waals surface area contributed by atoms with Gasteiger partial charge in [-0.25, -0.2) is 0 Å². The lowest BCUT2D eigenvalue weighted by Gasteiger charge is -2.15. The molecule has 3 N–H and O–H groups in total. The van der Waals surface area contributed by atoms with E-state index in [-0.39, 0.29) is 23.0 Å². The van der Waals surface area contributed by atoms with Crippen molar-refractivity contribution in [1.29, 1.82) is 0 Å². The number of aromatic hydroxyl groups is 1. The first-order valence-electron chi connectivity index (χ1n) is 8.52. The van der Waals surface area contributed by atoms with Crippen LogP contribution in [0.3, 0.4) is 0 Å². The number of aliphatic carboxylic acids is 1. The Morgan fingerprint density at radius 2 is 1.83 bits per heavy atom. The highest BCUT2D eigenvalue weighted by Gasteiger charge is 2.40. The number of carboxylic acid groups (broad SMARTS) is 1. The molecule has 0 spiro atoms. The summed E-state index contributed by atoms with van der Waals surface area (Å²) in [7, 11) is 0. The molecule has 2 aromatic rings. The average Bonchev–Trinajstić information content (AvgIpc) is 3.16. The van der Waals surface area contributed by atoms with Gasteiger partial charge in [-0.1, -0.05) is 30.0 Å². The number of rotatable bonds is 4. The van der Waals surface area contributed by atoms with Crippen LogP contribution in [0, 0.1) is 0 Å². The third-order valence-electron chi connectivity index (χ3n) is 4.28. The summed E-state index contributed by atoms with van der Waals surface area (Å²) in [4.78, 5) is 37.3. The van der Waals surface area contributed by atoms with E-state index in [4.69, 9.17) is 5.11 Å². The minimum Gasteiger partial charge on any atom is -0.508 e. The van der Waals surface area contributed by atoms with Gasteiger partial charge in [-0.15, -0.1) is 10.2 Å². The number of thioether (sulfide) groups is 1. The number of carboxylic acids is 1. The standard InChI is InChI=1S/C19H14N4O5S/c24-11-7-5-10(6-8-11)23-18(28)14(9-15(25)26)29-19(23)22-21-16-12-3-1-2-4-13(12)20-17(16)27/h1-8,14,24H,9H2,(H,25,26)(H,20,21,27)/b22-19-/t14-/m1/s1. The van der Waals surface area contributed by atoms with Crippen LogP contribution in [0.5, 0.6) is 5.75 Å². The molecule has 9 nitrogen and oxygen atoms in total. The van der Waals surface area contributed by atoms with Crippen molar-refractivity contribution in [1.82, 2.24) is 0 Å². The van der Waals surface area contributed by atoms with Crippen LogP contribution in [-0.2, 0) is 14.4 Å². The summed E-state index contributed by atoms with van der Waals surface area (Å²) in [5.74, 6) is -1.97. The lowest BCUT2D eigenvalue weighted by molar-refractivity contribution is -0.138. The molecule has 2 heterocycles. The Kier molecular flexibility index (Phi) is 4.77. The normalized spacial score (nSPS) is 21.0. The molecule has 2 amide bonds. The predicted octanol–water partition coefficient (Wildman–Crippen LogP) is 2.03. The van der Waals surface area contributed by atoms with E-state index in [1.807, 2.05) is 0 Å². The van der Waals surface area contributed by atoms with E-state index in [0.717, 1.165) is 11.8 Å². The van der Waals surface area contributed by atoms with Gasteiger partial charge in [0.25, 0.3) is 5.91 Å². The van der Waals surface area contributed by atoms with Crippen molar-refractivity contribution in [3.8, 4) is 5.75 Å². The zero-order valence-electron chi connectivity index (χ0n) is 14.8. The van der Waals surface area contributed by atoms with Crippen molar-refractivity contribution in [3.05, 3.63) is 54.1 Å². The molecule has 2 aliphatic heterocycles. The van der Waals surface area contributed by atoms with Gasteiger partial charge >= 0.3 is 5.97 Å². The molecule has 0 aliphatic carbocycles. The Balaban J connectivity index is 1.73. The van der Waals surface area contributed by atoms with Crippen molar-refractivity contribution in [3.63, 3.8) is 0 Å². The third-order valence-corrected chi connectivity index (χ3v) is 5.41. The highest BCUT2D eigenvalue weighted by Crippen LogP contribution is 2.34. The highest BCUT2D eigenvalue weighted by molar-refractivity contribution is 8.16. The number of anilines is 2. The van der Waals surface area contributed by atoms with Crippen LogP contribution in [0.1, 0.15) is 12.0 Å².